The molecule has 0 aliphatic heterocycles. The van der Waals surface area contributed by atoms with Crippen LogP contribution in [0, 0.1) is 0 Å². The molecular formula is C15H18N2O2S. The Morgan fingerprint density at radius 1 is 1.45 bits per heavy atom. The molecular weight excluding hydrogens is 272 g/mol. The van der Waals surface area contributed by atoms with Crippen molar-refractivity contribution in [3.63, 3.8) is 0 Å². The van der Waals surface area contributed by atoms with Gasteiger partial charge in [0.15, 0.2) is 0 Å². The zero-order chi connectivity index (χ0) is 14.6. The fraction of sp³-hybridized carbons (Fsp3) is 0.200. The second-order valence-corrected chi connectivity index (χ2v) is 5.53. The Labute approximate surface area is 121 Å². The molecule has 1 aromatic carbocycles. The molecule has 1 aliphatic carbocycles. The molecule has 106 valence electrons. The van der Waals surface area contributed by atoms with Gasteiger partial charge in [0.25, 0.3) is 0 Å². The SMILES string of the molecule is CC(=Cc1ccccc1)C1=CCC(N)(NS(=O)O)C=C1. The molecule has 0 saturated carbocycles. The smallest absolute Gasteiger partial charge is 0.233 e. The highest BCUT2D eigenvalue weighted by Crippen LogP contribution is 2.23. The molecule has 0 amide bonds. The van der Waals surface area contributed by atoms with Crippen LogP contribution >= 0.6 is 0 Å². The summed E-state index contributed by atoms with van der Waals surface area (Å²) in [5, 5.41) is 0. The predicted octanol–water partition coefficient (Wildman–Crippen LogP) is 2.36. The number of allylic oxidation sites excluding steroid dienone is 3. The van der Waals surface area contributed by atoms with Gasteiger partial charge in [-0.15, -0.1) is 0 Å². The summed E-state index contributed by atoms with van der Waals surface area (Å²) in [6.45, 7) is 2.03. The van der Waals surface area contributed by atoms with Gasteiger partial charge in [0.05, 0.1) is 0 Å². The lowest BCUT2D eigenvalue weighted by atomic mass is 9.94. The first-order chi connectivity index (χ1) is 9.48. The van der Waals surface area contributed by atoms with Crippen LogP contribution in [0.2, 0.25) is 0 Å². The normalized spacial score (nSPS) is 24.4. The largest absolute Gasteiger partial charge is 0.309 e. The van der Waals surface area contributed by atoms with Gasteiger partial charge in [0, 0.05) is 6.42 Å². The maximum atomic E-state index is 10.8. The molecule has 0 heterocycles. The van der Waals surface area contributed by atoms with E-state index >= 15 is 0 Å². The van der Waals surface area contributed by atoms with Gasteiger partial charge >= 0.3 is 0 Å². The van der Waals surface area contributed by atoms with Gasteiger partial charge in [-0.2, -0.15) is 4.72 Å². The number of benzene rings is 1. The summed E-state index contributed by atoms with van der Waals surface area (Å²) in [6.07, 6.45) is 8.12. The summed E-state index contributed by atoms with van der Waals surface area (Å²) in [5.74, 6) is 0. The molecule has 0 fully saturated rings. The van der Waals surface area contributed by atoms with Gasteiger partial charge in [-0.3, -0.25) is 4.55 Å². The van der Waals surface area contributed by atoms with Crippen molar-refractivity contribution in [3.8, 4) is 0 Å². The van der Waals surface area contributed by atoms with E-state index in [-0.39, 0.29) is 0 Å². The van der Waals surface area contributed by atoms with Crippen LogP contribution in [0.1, 0.15) is 18.9 Å². The summed E-state index contributed by atoms with van der Waals surface area (Å²) in [7, 11) is 0. The molecule has 2 rings (SSSR count). The minimum absolute atomic E-state index is 0.463. The summed E-state index contributed by atoms with van der Waals surface area (Å²) in [4.78, 5) is 0. The highest BCUT2D eigenvalue weighted by Gasteiger charge is 2.24. The monoisotopic (exact) mass is 290 g/mol. The van der Waals surface area contributed by atoms with Gasteiger partial charge in [-0.25, -0.2) is 4.21 Å². The Kier molecular flexibility index (Phi) is 4.67. The van der Waals surface area contributed by atoms with E-state index in [4.69, 9.17) is 10.3 Å². The third-order valence-corrected chi connectivity index (χ3v) is 3.69. The molecule has 5 heteroatoms. The second kappa shape index (κ2) is 6.28. The van der Waals surface area contributed by atoms with E-state index < -0.39 is 16.9 Å². The average molecular weight is 290 g/mol. The number of hydrogen-bond acceptors (Lipinski definition) is 2. The lowest BCUT2D eigenvalue weighted by Gasteiger charge is -2.27. The molecule has 4 N–H and O–H groups in total. The molecule has 0 radical (unpaired) electrons. The molecule has 4 nitrogen and oxygen atoms in total. The van der Waals surface area contributed by atoms with Gasteiger partial charge < -0.3 is 5.73 Å². The lowest BCUT2D eigenvalue weighted by molar-refractivity contribution is 0.465. The number of nitrogens with two attached hydrogens (primary N) is 1. The molecule has 1 aliphatic rings. The Bertz CT molecular complexity index is 593. The highest BCUT2D eigenvalue weighted by molar-refractivity contribution is 7.77. The minimum atomic E-state index is -2.13. The number of rotatable bonds is 4. The maximum absolute atomic E-state index is 10.8. The second-order valence-electron chi connectivity index (χ2n) is 4.83. The van der Waals surface area contributed by atoms with Crippen molar-refractivity contribution in [1.82, 2.24) is 4.72 Å². The van der Waals surface area contributed by atoms with Crippen molar-refractivity contribution in [1.29, 1.82) is 0 Å². The first-order valence-corrected chi connectivity index (χ1v) is 7.40. The zero-order valence-electron chi connectivity index (χ0n) is 11.2. The van der Waals surface area contributed by atoms with Gasteiger partial charge in [0.1, 0.15) is 5.66 Å². The Balaban J connectivity index is 2.11. The fourth-order valence-electron chi connectivity index (χ4n) is 2.07. The van der Waals surface area contributed by atoms with E-state index in [1.807, 2.05) is 49.4 Å². The summed E-state index contributed by atoms with van der Waals surface area (Å²) in [6, 6.07) is 10.1. The van der Waals surface area contributed by atoms with Crippen LogP contribution in [0.4, 0.5) is 0 Å². The van der Waals surface area contributed by atoms with Crippen LogP contribution in [-0.2, 0) is 11.3 Å². The lowest BCUT2D eigenvalue weighted by Crippen LogP contribution is -2.52. The van der Waals surface area contributed by atoms with Crippen molar-refractivity contribution < 1.29 is 8.76 Å². The van der Waals surface area contributed by atoms with Crippen LogP contribution < -0.4 is 10.5 Å². The highest BCUT2D eigenvalue weighted by atomic mass is 32.2. The molecule has 2 atom stereocenters. The van der Waals surface area contributed by atoms with Crippen LogP contribution in [-0.4, -0.2) is 14.4 Å². The minimum Gasteiger partial charge on any atom is -0.309 e. The van der Waals surface area contributed by atoms with Crippen molar-refractivity contribution in [2.45, 2.75) is 19.0 Å². The number of hydrogen-bond donors (Lipinski definition) is 3. The van der Waals surface area contributed by atoms with Crippen LogP contribution in [0.3, 0.4) is 0 Å². The zero-order valence-corrected chi connectivity index (χ0v) is 12.1. The van der Waals surface area contributed by atoms with Gasteiger partial charge in [-0.1, -0.05) is 48.6 Å². The molecule has 0 bridgehead atoms. The molecule has 0 spiro atoms. The summed E-state index contributed by atoms with van der Waals surface area (Å²) in [5.41, 5.74) is 8.33. The van der Waals surface area contributed by atoms with Crippen LogP contribution in [0.5, 0.6) is 0 Å². The molecule has 1 aromatic rings. The summed E-state index contributed by atoms with van der Waals surface area (Å²) >= 11 is -2.13. The van der Waals surface area contributed by atoms with E-state index in [9.17, 15) is 4.21 Å². The van der Waals surface area contributed by atoms with Crippen LogP contribution in [0.25, 0.3) is 6.08 Å². The van der Waals surface area contributed by atoms with E-state index in [1.54, 1.807) is 6.08 Å². The third-order valence-electron chi connectivity index (χ3n) is 3.14. The van der Waals surface area contributed by atoms with Crippen molar-refractivity contribution in [2.75, 3.05) is 0 Å². The quantitative estimate of drug-likeness (QED) is 0.588. The van der Waals surface area contributed by atoms with E-state index in [0.29, 0.717) is 6.42 Å². The van der Waals surface area contributed by atoms with Crippen LogP contribution in [0.15, 0.2) is 59.7 Å². The Morgan fingerprint density at radius 3 is 2.70 bits per heavy atom. The average Bonchev–Trinajstić information content (AvgIpc) is 2.39. The standard InChI is InChI=1S/C15H18N2O2S/c1-12(11-13-5-3-2-4-6-13)14-7-9-15(16,10-8-14)17-20(18)19/h2-9,11,17H,10,16H2,1H3,(H,18,19). The summed E-state index contributed by atoms with van der Waals surface area (Å²) < 4.78 is 22.1. The van der Waals surface area contributed by atoms with Crippen molar-refractivity contribution >= 4 is 17.3 Å². The molecule has 0 saturated heterocycles. The van der Waals surface area contributed by atoms with E-state index in [2.05, 4.69) is 10.8 Å². The van der Waals surface area contributed by atoms with E-state index in [0.717, 1.165) is 16.7 Å². The molecule has 2 unspecified atom stereocenters. The fourth-order valence-corrected chi connectivity index (χ4v) is 2.54. The number of nitrogens with one attached hydrogen (secondary N) is 1. The third kappa shape index (κ3) is 3.98. The predicted molar refractivity (Wildman–Crippen MR) is 82.8 cm³/mol. The molecule has 20 heavy (non-hydrogen) atoms. The topological polar surface area (TPSA) is 75.3 Å². The first kappa shape index (κ1) is 14.9. The molecule has 0 aromatic heterocycles. The Morgan fingerprint density at radius 2 is 2.15 bits per heavy atom. The van der Waals surface area contributed by atoms with E-state index in [1.165, 1.54) is 0 Å². The maximum Gasteiger partial charge on any atom is 0.233 e. The Hall–Kier alpha value is -1.53. The van der Waals surface area contributed by atoms with Gasteiger partial charge in [-0.05, 0) is 29.7 Å². The van der Waals surface area contributed by atoms with Gasteiger partial charge in [0.2, 0.25) is 11.3 Å². The first-order valence-electron chi connectivity index (χ1n) is 6.29. The van der Waals surface area contributed by atoms with Crippen molar-refractivity contribution in [2.24, 2.45) is 5.73 Å². The van der Waals surface area contributed by atoms with Crippen molar-refractivity contribution in [3.05, 3.63) is 65.3 Å².